The highest BCUT2D eigenvalue weighted by atomic mass is 32.2. The average Bonchev–Trinajstić information content (AvgIpc) is 2.45. The van der Waals surface area contributed by atoms with Gasteiger partial charge in [0.05, 0.1) is 18.0 Å². The Morgan fingerprint density at radius 2 is 1.95 bits per heavy atom. The highest BCUT2D eigenvalue weighted by Gasteiger charge is 2.33. The Morgan fingerprint density at radius 1 is 1.29 bits per heavy atom. The molecule has 1 saturated heterocycles. The molecule has 1 aliphatic rings. The number of unbranched alkanes of at least 4 members (excludes halogenated alkanes) is 1. The predicted molar refractivity (Wildman–Crippen MR) is 80.0 cm³/mol. The molecular formula is C15H22FNO3S. The second-order valence-corrected chi connectivity index (χ2v) is 7.56. The van der Waals surface area contributed by atoms with Gasteiger partial charge in [0.1, 0.15) is 5.82 Å². The van der Waals surface area contributed by atoms with Crippen molar-refractivity contribution in [1.29, 1.82) is 0 Å². The molecule has 2 unspecified atom stereocenters. The lowest BCUT2D eigenvalue weighted by molar-refractivity contribution is -0.0557. The fourth-order valence-corrected chi connectivity index (χ4v) is 4.17. The third-order valence-corrected chi connectivity index (χ3v) is 5.51. The van der Waals surface area contributed by atoms with Crippen LogP contribution in [0.3, 0.4) is 0 Å². The third-order valence-electron chi connectivity index (χ3n) is 3.62. The minimum absolute atomic E-state index is 0.173. The smallest absolute Gasteiger partial charge is 0.214 e. The number of morpholine rings is 1. The molecule has 4 nitrogen and oxygen atoms in total. The maximum atomic E-state index is 13.0. The van der Waals surface area contributed by atoms with E-state index < -0.39 is 10.0 Å². The van der Waals surface area contributed by atoms with Crippen LogP contribution in [-0.4, -0.2) is 37.7 Å². The minimum Gasteiger partial charge on any atom is -0.368 e. The van der Waals surface area contributed by atoms with Crippen LogP contribution in [0.4, 0.5) is 4.39 Å². The molecule has 21 heavy (non-hydrogen) atoms. The van der Waals surface area contributed by atoms with Crippen LogP contribution < -0.4 is 0 Å². The molecule has 1 heterocycles. The lowest BCUT2D eigenvalue weighted by Gasteiger charge is -2.36. The third kappa shape index (κ3) is 4.25. The van der Waals surface area contributed by atoms with Crippen LogP contribution in [0.2, 0.25) is 0 Å². The van der Waals surface area contributed by atoms with E-state index >= 15 is 0 Å². The first-order chi connectivity index (χ1) is 9.92. The van der Waals surface area contributed by atoms with E-state index in [2.05, 4.69) is 0 Å². The molecule has 1 fully saturated rings. The van der Waals surface area contributed by atoms with Gasteiger partial charge in [-0.05, 0) is 31.0 Å². The Morgan fingerprint density at radius 3 is 2.57 bits per heavy atom. The molecule has 0 spiro atoms. The normalized spacial score (nSPS) is 24.1. The number of benzene rings is 1. The Balaban J connectivity index is 2.14. The van der Waals surface area contributed by atoms with Crippen molar-refractivity contribution in [2.45, 2.75) is 38.9 Å². The standard InChI is InChI=1S/C15H22FNO3S/c1-3-4-9-21(18,19)17-10-12(2)20-15(11-17)13-5-7-14(16)8-6-13/h5-8,12,15H,3-4,9-11H2,1-2H3. The van der Waals surface area contributed by atoms with Crippen molar-refractivity contribution in [1.82, 2.24) is 4.31 Å². The van der Waals surface area contributed by atoms with E-state index in [1.54, 1.807) is 12.1 Å². The van der Waals surface area contributed by atoms with Gasteiger partial charge in [-0.1, -0.05) is 25.5 Å². The van der Waals surface area contributed by atoms with E-state index in [0.29, 0.717) is 19.5 Å². The molecule has 1 aromatic rings. The SMILES string of the molecule is CCCCS(=O)(=O)N1CC(C)OC(c2ccc(F)cc2)C1. The molecular weight excluding hydrogens is 293 g/mol. The summed E-state index contributed by atoms with van der Waals surface area (Å²) in [7, 11) is -3.25. The van der Waals surface area contributed by atoms with Gasteiger partial charge in [0, 0.05) is 13.1 Å². The Kier molecular flexibility index (Phi) is 5.35. The fraction of sp³-hybridized carbons (Fsp3) is 0.600. The molecule has 0 bridgehead atoms. The van der Waals surface area contributed by atoms with Crippen molar-refractivity contribution < 1.29 is 17.5 Å². The summed E-state index contributed by atoms with van der Waals surface area (Å²) in [5, 5.41) is 0. The second-order valence-electron chi connectivity index (χ2n) is 5.47. The molecule has 1 aliphatic heterocycles. The summed E-state index contributed by atoms with van der Waals surface area (Å²) in [5.74, 6) is -0.137. The second kappa shape index (κ2) is 6.85. The van der Waals surface area contributed by atoms with Gasteiger partial charge < -0.3 is 4.74 Å². The maximum Gasteiger partial charge on any atom is 0.214 e. The van der Waals surface area contributed by atoms with Gasteiger partial charge in [-0.15, -0.1) is 0 Å². The monoisotopic (exact) mass is 315 g/mol. The molecule has 0 N–H and O–H groups in total. The summed E-state index contributed by atoms with van der Waals surface area (Å²) < 4.78 is 45.0. The lowest BCUT2D eigenvalue weighted by atomic mass is 10.1. The van der Waals surface area contributed by atoms with Gasteiger partial charge in [0.15, 0.2) is 0 Å². The van der Waals surface area contributed by atoms with Gasteiger partial charge in [0.25, 0.3) is 0 Å². The molecule has 0 aliphatic carbocycles. The molecule has 2 rings (SSSR count). The molecule has 0 amide bonds. The van der Waals surface area contributed by atoms with E-state index in [1.807, 2.05) is 13.8 Å². The zero-order valence-electron chi connectivity index (χ0n) is 12.5. The average molecular weight is 315 g/mol. The number of ether oxygens (including phenoxy) is 1. The highest BCUT2D eigenvalue weighted by Crippen LogP contribution is 2.27. The first kappa shape index (κ1) is 16.4. The molecule has 2 atom stereocenters. The van der Waals surface area contributed by atoms with Crippen LogP contribution in [-0.2, 0) is 14.8 Å². The largest absolute Gasteiger partial charge is 0.368 e. The molecule has 0 saturated carbocycles. The van der Waals surface area contributed by atoms with Crippen molar-refractivity contribution >= 4 is 10.0 Å². The van der Waals surface area contributed by atoms with Crippen molar-refractivity contribution in [3.05, 3.63) is 35.6 Å². The summed E-state index contributed by atoms with van der Waals surface area (Å²) in [6.45, 7) is 4.50. The van der Waals surface area contributed by atoms with Crippen LogP contribution in [0.15, 0.2) is 24.3 Å². The van der Waals surface area contributed by atoms with Crippen LogP contribution in [0.5, 0.6) is 0 Å². The summed E-state index contributed by atoms with van der Waals surface area (Å²) in [5.41, 5.74) is 0.804. The Labute approximate surface area is 126 Å². The summed E-state index contributed by atoms with van der Waals surface area (Å²) >= 11 is 0. The molecule has 1 aromatic carbocycles. The summed E-state index contributed by atoms with van der Waals surface area (Å²) in [6, 6.07) is 6.03. The summed E-state index contributed by atoms with van der Waals surface area (Å²) in [4.78, 5) is 0. The maximum absolute atomic E-state index is 13.0. The van der Waals surface area contributed by atoms with Crippen LogP contribution in [0.1, 0.15) is 38.4 Å². The zero-order valence-corrected chi connectivity index (χ0v) is 13.3. The van der Waals surface area contributed by atoms with Crippen molar-refractivity contribution in [2.24, 2.45) is 0 Å². The topological polar surface area (TPSA) is 46.6 Å². The first-order valence-corrected chi connectivity index (χ1v) is 8.92. The minimum atomic E-state index is -3.25. The van der Waals surface area contributed by atoms with Crippen molar-refractivity contribution in [3.8, 4) is 0 Å². The number of nitrogens with zero attached hydrogens (tertiary/aromatic N) is 1. The van der Waals surface area contributed by atoms with Crippen molar-refractivity contribution in [2.75, 3.05) is 18.8 Å². The Bertz CT molecular complexity index is 559. The predicted octanol–water partition coefficient (Wildman–Crippen LogP) is 2.72. The zero-order chi connectivity index (χ0) is 15.5. The van der Waals surface area contributed by atoms with E-state index in [0.717, 1.165) is 12.0 Å². The van der Waals surface area contributed by atoms with Crippen LogP contribution in [0, 0.1) is 5.82 Å². The van der Waals surface area contributed by atoms with Crippen LogP contribution >= 0.6 is 0 Å². The molecule has 118 valence electrons. The van der Waals surface area contributed by atoms with E-state index in [9.17, 15) is 12.8 Å². The van der Waals surface area contributed by atoms with E-state index in [-0.39, 0.29) is 23.8 Å². The number of hydrogen-bond acceptors (Lipinski definition) is 3. The highest BCUT2D eigenvalue weighted by molar-refractivity contribution is 7.89. The fourth-order valence-electron chi connectivity index (χ4n) is 2.46. The van der Waals surface area contributed by atoms with Gasteiger partial charge in [0.2, 0.25) is 10.0 Å². The molecule has 0 radical (unpaired) electrons. The lowest BCUT2D eigenvalue weighted by Crippen LogP contribution is -2.46. The quantitative estimate of drug-likeness (QED) is 0.839. The number of halogens is 1. The van der Waals surface area contributed by atoms with Gasteiger partial charge >= 0.3 is 0 Å². The Hall–Kier alpha value is -0.980. The van der Waals surface area contributed by atoms with Crippen molar-refractivity contribution in [3.63, 3.8) is 0 Å². The number of sulfonamides is 1. The molecule has 0 aromatic heterocycles. The van der Waals surface area contributed by atoms with E-state index in [4.69, 9.17) is 4.74 Å². The number of hydrogen-bond donors (Lipinski definition) is 0. The summed E-state index contributed by atoms with van der Waals surface area (Å²) in [6.07, 6.45) is 0.992. The number of rotatable bonds is 5. The first-order valence-electron chi connectivity index (χ1n) is 7.31. The van der Waals surface area contributed by atoms with Gasteiger partial charge in [-0.3, -0.25) is 0 Å². The van der Waals surface area contributed by atoms with E-state index in [1.165, 1.54) is 16.4 Å². The van der Waals surface area contributed by atoms with Gasteiger partial charge in [-0.2, -0.15) is 4.31 Å². The van der Waals surface area contributed by atoms with Gasteiger partial charge in [-0.25, -0.2) is 12.8 Å². The van der Waals surface area contributed by atoms with Crippen LogP contribution in [0.25, 0.3) is 0 Å². The molecule has 6 heteroatoms.